The summed E-state index contributed by atoms with van der Waals surface area (Å²) >= 11 is 1.83. The van der Waals surface area contributed by atoms with Gasteiger partial charge in [-0.2, -0.15) is 0 Å². The summed E-state index contributed by atoms with van der Waals surface area (Å²) in [5, 5.41) is 5.05. The molecular weight excluding hydrogens is 785 g/mol. The Morgan fingerprint density at radius 1 is 0.302 bits per heavy atom. The molecule has 0 fully saturated rings. The third-order valence-electron chi connectivity index (χ3n) is 13.0. The van der Waals surface area contributed by atoms with Crippen molar-refractivity contribution in [2.24, 2.45) is 0 Å². The molecular formula is C58H46N4S. The topological polar surface area (TPSA) is 19.7 Å². The zero-order chi connectivity index (χ0) is 42.7. The Bertz CT molecular complexity index is 3550. The second-order valence-corrected chi connectivity index (χ2v) is 18.6. The van der Waals surface area contributed by atoms with Crippen molar-refractivity contribution in [3.63, 3.8) is 0 Å². The second-order valence-electron chi connectivity index (χ2n) is 17.5. The van der Waals surface area contributed by atoms with Gasteiger partial charge < -0.3 is 18.3 Å². The van der Waals surface area contributed by atoms with Crippen LogP contribution in [0.3, 0.4) is 0 Å². The highest BCUT2D eigenvalue weighted by Crippen LogP contribution is 2.45. The van der Waals surface area contributed by atoms with E-state index in [1.165, 1.54) is 132 Å². The Labute approximate surface area is 371 Å². The second kappa shape index (κ2) is 14.2. The fourth-order valence-electron chi connectivity index (χ4n) is 10.2. The van der Waals surface area contributed by atoms with E-state index in [1.807, 2.05) is 11.8 Å². The van der Waals surface area contributed by atoms with Gasteiger partial charge in [-0.3, -0.25) is 0 Å². The van der Waals surface area contributed by atoms with Gasteiger partial charge in [-0.15, -0.1) is 0 Å². The van der Waals surface area contributed by atoms with Crippen molar-refractivity contribution in [3.05, 3.63) is 203 Å². The number of benzene rings is 8. The first-order chi connectivity index (χ1) is 30.7. The molecule has 8 aromatic carbocycles. The van der Waals surface area contributed by atoms with Crippen molar-refractivity contribution in [2.75, 3.05) is 0 Å². The lowest BCUT2D eigenvalue weighted by Gasteiger charge is -2.15. The zero-order valence-corrected chi connectivity index (χ0v) is 37.2. The molecule has 0 N–H and O–H groups in total. The first-order valence-corrected chi connectivity index (χ1v) is 22.7. The molecule has 4 nitrogen and oxygen atoms in total. The Morgan fingerprint density at radius 2 is 0.619 bits per heavy atom. The predicted octanol–water partition coefficient (Wildman–Crippen LogP) is 15.8. The van der Waals surface area contributed by atoms with Crippen molar-refractivity contribution in [3.8, 4) is 22.7 Å². The summed E-state index contributed by atoms with van der Waals surface area (Å²) in [5.74, 6) is 0. The molecule has 0 aliphatic rings. The van der Waals surface area contributed by atoms with Crippen LogP contribution >= 0.6 is 11.8 Å². The Morgan fingerprint density at radius 3 is 0.952 bits per heavy atom. The lowest BCUT2D eigenvalue weighted by molar-refractivity contribution is 1.13. The van der Waals surface area contributed by atoms with Gasteiger partial charge >= 0.3 is 0 Å². The molecule has 0 saturated heterocycles. The molecule has 0 atom stereocenters. The molecule has 63 heavy (non-hydrogen) atoms. The van der Waals surface area contributed by atoms with E-state index in [9.17, 15) is 0 Å². The molecule has 0 unspecified atom stereocenters. The lowest BCUT2D eigenvalue weighted by atomic mass is 10.1. The van der Waals surface area contributed by atoms with Crippen molar-refractivity contribution >= 4 is 77.4 Å². The number of nitrogens with zero attached hydrogens (tertiary/aromatic N) is 4. The van der Waals surface area contributed by atoms with Crippen LogP contribution in [0.5, 0.6) is 0 Å². The molecule has 4 aromatic heterocycles. The SMILES string of the molecule is Cc1ccc2c(c1)c1c(c3cc(C)ccc3n1-c1ccccc1)n2-c1ccc(Sc2ccc(-n3c4ccc(C)cc4c4c3c3cc(C)ccc3n4-c3ccccc3)c(C)c2)cc1C. The van der Waals surface area contributed by atoms with Crippen LogP contribution in [0.4, 0.5) is 0 Å². The predicted molar refractivity (Wildman–Crippen MR) is 268 cm³/mol. The Hall–Kier alpha value is -7.21. The summed E-state index contributed by atoms with van der Waals surface area (Å²) in [7, 11) is 0. The Kier molecular flexibility index (Phi) is 8.44. The van der Waals surface area contributed by atoms with E-state index in [0.29, 0.717) is 0 Å². The van der Waals surface area contributed by atoms with Gasteiger partial charge in [0.2, 0.25) is 0 Å². The molecule has 0 aliphatic carbocycles. The normalized spacial score (nSPS) is 12.0. The average molecular weight is 831 g/mol. The maximum absolute atomic E-state index is 2.51. The van der Waals surface area contributed by atoms with E-state index in [2.05, 4.69) is 230 Å². The maximum Gasteiger partial charge on any atom is 0.0804 e. The van der Waals surface area contributed by atoms with Crippen LogP contribution in [-0.2, 0) is 0 Å². The van der Waals surface area contributed by atoms with E-state index in [-0.39, 0.29) is 0 Å². The van der Waals surface area contributed by atoms with Crippen LogP contribution in [-0.4, -0.2) is 18.3 Å². The fraction of sp³-hybridized carbons (Fsp3) is 0.103. The van der Waals surface area contributed by atoms with Crippen LogP contribution in [0.1, 0.15) is 33.4 Å². The van der Waals surface area contributed by atoms with E-state index < -0.39 is 0 Å². The van der Waals surface area contributed by atoms with Crippen LogP contribution in [0.15, 0.2) is 180 Å². The third-order valence-corrected chi connectivity index (χ3v) is 14.0. The molecule has 304 valence electrons. The van der Waals surface area contributed by atoms with E-state index >= 15 is 0 Å². The number of aromatic nitrogens is 4. The number of fused-ring (bicyclic) bond motifs is 10. The summed E-state index contributed by atoms with van der Waals surface area (Å²) in [5.41, 5.74) is 22.1. The van der Waals surface area contributed by atoms with Crippen molar-refractivity contribution in [1.29, 1.82) is 0 Å². The highest BCUT2D eigenvalue weighted by atomic mass is 32.2. The van der Waals surface area contributed by atoms with Gasteiger partial charge in [0.25, 0.3) is 0 Å². The molecule has 12 aromatic rings. The summed E-state index contributed by atoms with van der Waals surface area (Å²) < 4.78 is 9.93. The minimum atomic E-state index is 1.17. The van der Waals surface area contributed by atoms with Crippen LogP contribution in [0.25, 0.3) is 88.4 Å². The quantitative estimate of drug-likeness (QED) is 0.163. The van der Waals surface area contributed by atoms with Gasteiger partial charge in [0.1, 0.15) is 0 Å². The van der Waals surface area contributed by atoms with E-state index in [1.54, 1.807) is 0 Å². The van der Waals surface area contributed by atoms with Gasteiger partial charge in [-0.05, 0) is 162 Å². The zero-order valence-electron chi connectivity index (χ0n) is 36.4. The standard InChI is InChI=1S/C58H46N4S/c1-35-17-23-51-45(29-35)57-55(59(51)41-13-9-7-10-14-41)47-31-37(3)19-25-53(47)61(57)49-27-21-43(33-39(49)5)63-44-22-28-50(40(6)34-44)62-54-26-20-38(4)32-48(54)56-58(62)46-30-36(2)18-24-52(46)60(56)42-15-11-8-12-16-42/h7-34H,1-6H3. The number of para-hydroxylation sites is 2. The van der Waals surface area contributed by atoms with Crippen LogP contribution in [0.2, 0.25) is 0 Å². The van der Waals surface area contributed by atoms with Crippen molar-refractivity contribution in [1.82, 2.24) is 18.3 Å². The number of aryl methyl sites for hydroxylation is 6. The minimum absolute atomic E-state index is 1.17. The maximum atomic E-state index is 2.51. The monoisotopic (exact) mass is 830 g/mol. The lowest BCUT2D eigenvalue weighted by Crippen LogP contribution is -1.98. The molecule has 12 rings (SSSR count). The first-order valence-electron chi connectivity index (χ1n) is 21.8. The highest BCUT2D eigenvalue weighted by Gasteiger charge is 2.25. The van der Waals surface area contributed by atoms with E-state index in [0.717, 1.165) is 0 Å². The van der Waals surface area contributed by atoms with E-state index in [4.69, 9.17) is 0 Å². The van der Waals surface area contributed by atoms with Gasteiger partial charge in [0.05, 0.1) is 44.1 Å². The molecule has 0 amide bonds. The summed E-state index contributed by atoms with van der Waals surface area (Å²) in [6.07, 6.45) is 0. The molecule has 0 aliphatic heterocycles. The fourth-order valence-corrected chi connectivity index (χ4v) is 11.3. The largest absolute Gasteiger partial charge is 0.307 e. The van der Waals surface area contributed by atoms with Gasteiger partial charge in [-0.1, -0.05) is 94.7 Å². The van der Waals surface area contributed by atoms with Gasteiger partial charge in [0.15, 0.2) is 0 Å². The van der Waals surface area contributed by atoms with Gasteiger partial charge in [-0.25, -0.2) is 0 Å². The molecule has 0 bridgehead atoms. The number of rotatable bonds is 6. The highest BCUT2D eigenvalue weighted by molar-refractivity contribution is 7.99. The van der Waals surface area contributed by atoms with Crippen LogP contribution in [0, 0.1) is 41.5 Å². The molecule has 0 saturated carbocycles. The summed E-state index contributed by atoms with van der Waals surface area (Å²) in [6, 6.07) is 63.2. The summed E-state index contributed by atoms with van der Waals surface area (Å²) in [4.78, 5) is 2.44. The smallest absolute Gasteiger partial charge is 0.0804 e. The third kappa shape index (κ3) is 5.76. The van der Waals surface area contributed by atoms with Crippen LogP contribution < -0.4 is 0 Å². The summed E-state index contributed by atoms with van der Waals surface area (Å²) in [6.45, 7) is 13.3. The minimum Gasteiger partial charge on any atom is -0.307 e. The molecule has 4 heterocycles. The molecule has 5 heteroatoms. The van der Waals surface area contributed by atoms with Crippen molar-refractivity contribution in [2.45, 2.75) is 51.3 Å². The van der Waals surface area contributed by atoms with Gasteiger partial charge in [0, 0.05) is 54.1 Å². The average Bonchev–Trinajstić information content (AvgIpc) is 3.99. The Balaban J connectivity index is 0.979. The first kappa shape index (κ1) is 37.5. The van der Waals surface area contributed by atoms with Crippen molar-refractivity contribution < 1.29 is 0 Å². The number of hydrogen-bond donors (Lipinski definition) is 0. The number of hydrogen-bond acceptors (Lipinski definition) is 1. The molecule has 0 radical (unpaired) electrons. The molecule has 0 spiro atoms.